The smallest absolute Gasteiger partial charge is 0.255 e. The summed E-state index contributed by atoms with van der Waals surface area (Å²) in [5, 5.41) is 2.89. The molecule has 3 N–H and O–H groups in total. The minimum Gasteiger partial charge on any atom is -0.399 e. The molecule has 0 aliphatic carbocycles. The first-order chi connectivity index (χ1) is 8.95. The Hall–Kier alpha value is -1.81. The molecule has 19 heavy (non-hydrogen) atoms. The topological polar surface area (TPSA) is 55.1 Å². The van der Waals surface area contributed by atoms with Crippen LogP contribution in [0.15, 0.2) is 40.9 Å². The van der Waals surface area contributed by atoms with Crippen LogP contribution in [0.1, 0.15) is 21.5 Å². The van der Waals surface area contributed by atoms with Gasteiger partial charge in [0.25, 0.3) is 5.91 Å². The molecule has 98 valence electrons. The Kier molecular flexibility index (Phi) is 3.90. The molecule has 0 unspecified atom stereocenters. The van der Waals surface area contributed by atoms with Gasteiger partial charge in [0.05, 0.1) is 0 Å². The fourth-order valence-corrected chi connectivity index (χ4v) is 2.50. The molecular weight excluding hydrogens is 304 g/mol. The molecule has 2 aromatic rings. The Morgan fingerprint density at radius 1 is 1.16 bits per heavy atom. The highest BCUT2D eigenvalue weighted by molar-refractivity contribution is 9.10. The van der Waals surface area contributed by atoms with Gasteiger partial charge in [0.1, 0.15) is 0 Å². The molecule has 0 bridgehead atoms. The molecule has 0 spiro atoms. The van der Waals surface area contributed by atoms with Crippen molar-refractivity contribution in [3.8, 4) is 0 Å². The number of carbonyl (C=O) groups excluding carboxylic acids is 1. The summed E-state index contributed by atoms with van der Waals surface area (Å²) in [5.41, 5.74) is 9.76. The molecule has 2 aromatic carbocycles. The van der Waals surface area contributed by atoms with Gasteiger partial charge in [-0.15, -0.1) is 0 Å². The van der Waals surface area contributed by atoms with E-state index in [0.29, 0.717) is 11.3 Å². The third kappa shape index (κ3) is 3.35. The van der Waals surface area contributed by atoms with Crippen molar-refractivity contribution in [1.29, 1.82) is 0 Å². The Bertz CT molecular complexity index is 618. The second-order valence-electron chi connectivity index (χ2n) is 4.55. The molecule has 2 rings (SSSR count). The van der Waals surface area contributed by atoms with Crippen molar-refractivity contribution in [3.63, 3.8) is 0 Å². The van der Waals surface area contributed by atoms with Gasteiger partial charge in [-0.25, -0.2) is 0 Å². The highest BCUT2D eigenvalue weighted by atomic mass is 79.9. The minimum atomic E-state index is -0.128. The summed E-state index contributed by atoms with van der Waals surface area (Å²) in [7, 11) is 0. The molecule has 0 atom stereocenters. The SMILES string of the molecule is Cc1cc(Br)cc(C(=O)Nc2ccc(N)cc2C)c1. The van der Waals surface area contributed by atoms with Crippen LogP contribution >= 0.6 is 15.9 Å². The lowest BCUT2D eigenvalue weighted by atomic mass is 10.1. The van der Waals surface area contributed by atoms with Crippen molar-refractivity contribution in [1.82, 2.24) is 0 Å². The molecule has 0 aromatic heterocycles. The monoisotopic (exact) mass is 318 g/mol. The molecule has 0 fully saturated rings. The van der Waals surface area contributed by atoms with E-state index in [1.165, 1.54) is 0 Å². The maximum atomic E-state index is 12.2. The van der Waals surface area contributed by atoms with Gasteiger partial charge < -0.3 is 11.1 Å². The molecule has 0 saturated heterocycles. The number of hydrogen-bond acceptors (Lipinski definition) is 2. The molecule has 0 radical (unpaired) electrons. The van der Waals surface area contributed by atoms with Crippen molar-refractivity contribution < 1.29 is 4.79 Å². The van der Waals surface area contributed by atoms with Crippen LogP contribution in [0.4, 0.5) is 11.4 Å². The van der Waals surface area contributed by atoms with Crippen LogP contribution < -0.4 is 11.1 Å². The average Bonchev–Trinajstić information content (AvgIpc) is 2.31. The van der Waals surface area contributed by atoms with Gasteiger partial charge in [-0.05, 0) is 61.4 Å². The first kappa shape index (κ1) is 13.6. The third-order valence-electron chi connectivity index (χ3n) is 2.80. The van der Waals surface area contributed by atoms with E-state index in [0.717, 1.165) is 21.3 Å². The molecule has 0 saturated carbocycles. The van der Waals surface area contributed by atoms with Crippen LogP contribution in [0.2, 0.25) is 0 Å². The Morgan fingerprint density at radius 3 is 2.53 bits per heavy atom. The highest BCUT2D eigenvalue weighted by Crippen LogP contribution is 2.20. The number of nitrogens with two attached hydrogens (primary N) is 1. The average molecular weight is 319 g/mol. The zero-order chi connectivity index (χ0) is 14.0. The number of hydrogen-bond donors (Lipinski definition) is 2. The van der Waals surface area contributed by atoms with Gasteiger partial charge in [0, 0.05) is 21.4 Å². The summed E-state index contributed by atoms with van der Waals surface area (Å²) in [6.45, 7) is 3.87. The molecular formula is C15H15BrN2O. The minimum absolute atomic E-state index is 0.128. The number of halogens is 1. The van der Waals surface area contributed by atoms with E-state index in [9.17, 15) is 4.79 Å². The first-order valence-electron chi connectivity index (χ1n) is 5.90. The van der Waals surface area contributed by atoms with Crippen LogP contribution in [0.5, 0.6) is 0 Å². The zero-order valence-electron chi connectivity index (χ0n) is 10.8. The number of nitrogen functional groups attached to an aromatic ring is 1. The number of aryl methyl sites for hydroxylation is 2. The normalized spacial score (nSPS) is 10.3. The Labute approximate surface area is 121 Å². The van der Waals surface area contributed by atoms with Crippen molar-refractivity contribution in [2.75, 3.05) is 11.1 Å². The van der Waals surface area contributed by atoms with Crippen LogP contribution in [0.3, 0.4) is 0 Å². The summed E-state index contributed by atoms with van der Waals surface area (Å²) < 4.78 is 0.895. The Balaban J connectivity index is 2.25. The van der Waals surface area contributed by atoms with Crippen molar-refractivity contribution in [3.05, 3.63) is 57.6 Å². The predicted octanol–water partition coefficient (Wildman–Crippen LogP) is 3.90. The molecule has 4 heteroatoms. The van der Waals surface area contributed by atoms with E-state index >= 15 is 0 Å². The van der Waals surface area contributed by atoms with E-state index in [2.05, 4.69) is 21.2 Å². The van der Waals surface area contributed by atoms with Gasteiger partial charge in [0.2, 0.25) is 0 Å². The summed E-state index contributed by atoms with van der Waals surface area (Å²) in [4.78, 5) is 12.2. The van der Waals surface area contributed by atoms with E-state index in [-0.39, 0.29) is 5.91 Å². The van der Waals surface area contributed by atoms with E-state index < -0.39 is 0 Å². The van der Waals surface area contributed by atoms with Gasteiger partial charge in [-0.3, -0.25) is 4.79 Å². The van der Waals surface area contributed by atoms with Gasteiger partial charge in [0.15, 0.2) is 0 Å². The maximum absolute atomic E-state index is 12.2. The zero-order valence-corrected chi connectivity index (χ0v) is 12.4. The molecule has 0 aliphatic heterocycles. The number of carbonyl (C=O) groups is 1. The number of amides is 1. The predicted molar refractivity (Wildman–Crippen MR) is 82.4 cm³/mol. The van der Waals surface area contributed by atoms with Gasteiger partial charge in [-0.2, -0.15) is 0 Å². The van der Waals surface area contributed by atoms with Crippen LogP contribution in [-0.2, 0) is 0 Å². The summed E-state index contributed by atoms with van der Waals surface area (Å²) in [6, 6.07) is 11.0. The Morgan fingerprint density at radius 2 is 1.89 bits per heavy atom. The van der Waals surface area contributed by atoms with Crippen LogP contribution in [0.25, 0.3) is 0 Å². The number of rotatable bonds is 2. The van der Waals surface area contributed by atoms with Gasteiger partial charge in [-0.1, -0.05) is 15.9 Å². The fourth-order valence-electron chi connectivity index (χ4n) is 1.89. The molecule has 3 nitrogen and oxygen atoms in total. The quantitative estimate of drug-likeness (QED) is 0.825. The maximum Gasteiger partial charge on any atom is 0.255 e. The van der Waals surface area contributed by atoms with Crippen molar-refractivity contribution in [2.24, 2.45) is 0 Å². The lowest BCUT2D eigenvalue weighted by Gasteiger charge is -2.10. The largest absolute Gasteiger partial charge is 0.399 e. The number of benzene rings is 2. The first-order valence-corrected chi connectivity index (χ1v) is 6.69. The fraction of sp³-hybridized carbons (Fsp3) is 0.133. The van der Waals surface area contributed by atoms with Gasteiger partial charge >= 0.3 is 0 Å². The second-order valence-corrected chi connectivity index (χ2v) is 5.46. The van der Waals surface area contributed by atoms with E-state index in [1.807, 2.05) is 38.1 Å². The number of nitrogens with one attached hydrogen (secondary N) is 1. The molecule has 0 heterocycles. The summed E-state index contributed by atoms with van der Waals surface area (Å²) in [5.74, 6) is -0.128. The molecule has 1 amide bonds. The molecule has 0 aliphatic rings. The second kappa shape index (κ2) is 5.45. The van der Waals surface area contributed by atoms with Crippen molar-refractivity contribution in [2.45, 2.75) is 13.8 Å². The lowest BCUT2D eigenvalue weighted by molar-refractivity contribution is 0.102. The lowest BCUT2D eigenvalue weighted by Crippen LogP contribution is -2.13. The van der Waals surface area contributed by atoms with Crippen LogP contribution in [-0.4, -0.2) is 5.91 Å². The standard InChI is InChI=1S/C15H15BrN2O/c1-9-5-11(8-12(16)6-9)15(19)18-14-4-3-13(17)7-10(14)2/h3-8H,17H2,1-2H3,(H,18,19). The highest BCUT2D eigenvalue weighted by Gasteiger charge is 2.09. The third-order valence-corrected chi connectivity index (χ3v) is 3.26. The van der Waals surface area contributed by atoms with E-state index in [1.54, 1.807) is 12.1 Å². The summed E-state index contributed by atoms with van der Waals surface area (Å²) in [6.07, 6.45) is 0. The van der Waals surface area contributed by atoms with Crippen LogP contribution in [0, 0.1) is 13.8 Å². The van der Waals surface area contributed by atoms with Crippen molar-refractivity contribution >= 4 is 33.2 Å². The van der Waals surface area contributed by atoms with E-state index in [4.69, 9.17) is 5.73 Å². The number of anilines is 2. The summed E-state index contributed by atoms with van der Waals surface area (Å²) >= 11 is 3.39.